The summed E-state index contributed by atoms with van der Waals surface area (Å²) in [5.74, 6) is 0.294. The fourth-order valence-electron chi connectivity index (χ4n) is 3.72. The summed E-state index contributed by atoms with van der Waals surface area (Å²) in [5, 5.41) is 11.8. The van der Waals surface area contributed by atoms with Gasteiger partial charge in [-0.05, 0) is 48.9 Å². The van der Waals surface area contributed by atoms with Gasteiger partial charge in [-0.1, -0.05) is 11.3 Å². The van der Waals surface area contributed by atoms with E-state index < -0.39 is 0 Å². The summed E-state index contributed by atoms with van der Waals surface area (Å²) >= 11 is 0. The highest BCUT2D eigenvalue weighted by molar-refractivity contribution is 6.04. The SMILES string of the molecule is CN1CCc2cc(C(=O)Nc3cc4nc(-c5cn(C)nn5)ccc4cn3)ccc2C1. The fourth-order valence-corrected chi connectivity index (χ4v) is 3.72. The number of benzene rings is 1. The normalized spacial score (nSPS) is 13.9. The number of rotatable bonds is 3. The summed E-state index contributed by atoms with van der Waals surface area (Å²) < 4.78 is 1.63. The maximum atomic E-state index is 12.8. The third-order valence-electron chi connectivity index (χ3n) is 5.35. The summed E-state index contributed by atoms with van der Waals surface area (Å²) in [7, 11) is 3.92. The van der Waals surface area contributed by atoms with Crippen LogP contribution in [0.3, 0.4) is 0 Å². The number of likely N-dealkylation sites (N-methyl/N-ethyl adjacent to an activating group) is 1. The molecule has 0 saturated heterocycles. The predicted molar refractivity (Wildman–Crippen MR) is 114 cm³/mol. The van der Waals surface area contributed by atoms with Gasteiger partial charge in [-0.25, -0.2) is 9.97 Å². The molecule has 1 amide bonds. The second-order valence-corrected chi connectivity index (χ2v) is 7.66. The first-order valence-electron chi connectivity index (χ1n) is 9.80. The lowest BCUT2D eigenvalue weighted by Crippen LogP contribution is -2.27. The average Bonchev–Trinajstić information content (AvgIpc) is 3.19. The molecule has 0 atom stereocenters. The van der Waals surface area contributed by atoms with Crippen molar-refractivity contribution in [2.75, 3.05) is 18.9 Å². The molecule has 1 aromatic carbocycles. The molecule has 1 aliphatic heterocycles. The lowest BCUT2D eigenvalue weighted by molar-refractivity contribution is 0.102. The predicted octanol–water partition coefficient (Wildman–Crippen LogP) is 2.67. The maximum absolute atomic E-state index is 12.8. The lowest BCUT2D eigenvalue weighted by atomic mass is 9.97. The first-order chi connectivity index (χ1) is 14.5. The molecule has 0 aliphatic carbocycles. The van der Waals surface area contributed by atoms with Crippen LogP contribution in [0, 0.1) is 0 Å². The number of amides is 1. The minimum Gasteiger partial charge on any atom is -0.307 e. The van der Waals surface area contributed by atoms with E-state index in [9.17, 15) is 4.79 Å². The molecular weight excluding hydrogens is 378 g/mol. The van der Waals surface area contributed by atoms with Crippen LogP contribution >= 0.6 is 0 Å². The topological polar surface area (TPSA) is 88.8 Å². The van der Waals surface area contributed by atoms with E-state index in [0.717, 1.165) is 36.1 Å². The van der Waals surface area contributed by atoms with Gasteiger partial charge in [0.05, 0.1) is 17.4 Å². The monoisotopic (exact) mass is 399 g/mol. The number of aryl methyl sites for hydroxylation is 1. The zero-order valence-electron chi connectivity index (χ0n) is 16.8. The molecule has 1 N–H and O–H groups in total. The van der Waals surface area contributed by atoms with Crippen LogP contribution in [-0.4, -0.2) is 49.4 Å². The van der Waals surface area contributed by atoms with Crippen molar-refractivity contribution in [2.45, 2.75) is 13.0 Å². The van der Waals surface area contributed by atoms with Crippen molar-refractivity contribution in [2.24, 2.45) is 7.05 Å². The van der Waals surface area contributed by atoms with Crippen molar-refractivity contribution in [3.05, 3.63) is 65.5 Å². The largest absolute Gasteiger partial charge is 0.307 e. The van der Waals surface area contributed by atoms with Gasteiger partial charge in [0, 0.05) is 43.4 Å². The molecule has 0 bridgehead atoms. The van der Waals surface area contributed by atoms with Crippen LogP contribution in [0.25, 0.3) is 22.3 Å². The Morgan fingerprint density at radius 3 is 2.80 bits per heavy atom. The van der Waals surface area contributed by atoms with Crippen molar-refractivity contribution in [1.82, 2.24) is 29.9 Å². The third kappa shape index (κ3) is 3.53. The van der Waals surface area contributed by atoms with Crippen LogP contribution < -0.4 is 5.32 Å². The average molecular weight is 399 g/mol. The molecule has 0 unspecified atom stereocenters. The molecule has 0 radical (unpaired) electrons. The summed E-state index contributed by atoms with van der Waals surface area (Å²) in [6.45, 7) is 1.92. The molecule has 1 aliphatic rings. The number of hydrogen-bond acceptors (Lipinski definition) is 6. The molecule has 0 saturated carbocycles. The summed E-state index contributed by atoms with van der Waals surface area (Å²) in [4.78, 5) is 24.1. The van der Waals surface area contributed by atoms with Crippen LogP contribution in [0.1, 0.15) is 21.5 Å². The van der Waals surface area contributed by atoms with Crippen LogP contribution in [0.5, 0.6) is 0 Å². The number of nitrogens with zero attached hydrogens (tertiary/aromatic N) is 6. The molecule has 8 nitrogen and oxygen atoms in total. The van der Waals surface area contributed by atoms with E-state index >= 15 is 0 Å². The molecule has 8 heteroatoms. The molecule has 150 valence electrons. The van der Waals surface area contributed by atoms with Gasteiger partial charge in [0.1, 0.15) is 11.5 Å². The Labute approximate surface area is 173 Å². The quantitative estimate of drug-likeness (QED) is 0.570. The second-order valence-electron chi connectivity index (χ2n) is 7.66. The van der Waals surface area contributed by atoms with Crippen molar-refractivity contribution in [1.29, 1.82) is 0 Å². The molecule has 4 heterocycles. The Morgan fingerprint density at radius 2 is 1.97 bits per heavy atom. The number of carbonyl (C=O) groups is 1. The summed E-state index contributed by atoms with van der Waals surface area (Å²) in [6, 6.07) is 11.5. The van der Waals surface area contributed by atoms with Crippen LogP contribution in [0.4, 0.5) is 5.82 Å². The van der Waals surface area contributed by atoms with Crippen LogP contribution in [-0.2, 0) is 20.0 Å². The number of fused-ring (bicyclic) bond motifs is 2. The number of nitrogens with one attached hydrogen (secondary N) is 1. The van der Waals surface area contributed by atoms with Gasteiger partial charge < -0.3 is 10.2 Å². The van der Waals surface area contributed by atoms with Gasteiger partial charge in [0.25, 0.3) is 5.91 Å². The van der Waals surface area contributed by atoms with E-state index in [0.29, 0.717) is 17.1 Å². The Kier molecular flexibility index (Phi) is 4.48. The molecule has 0 spiro atoms. The molecule has 4 aromatic rings. The first kappa shape index (κ1) is 18.4. The Balaban J connectivity index is 1.40. The van der Waals surface area contributed by atoms with Gasteiger partial charge in [0.15, 0.2) is 0 Å². The Bertz CT molecular complexity index is 1260. The zero-order valence-corrected chi connectivity index (χ0v) is 16.8. The van der Waals surface area contributed by atoms with Gasteiger partial charge in [-0.2, -0.15) is 0 Å². The number of carbonyl (C=O) groups excluding carboxylic acids is 1. The van der Waals surface area contributed by atoms with Crippen molar-refractivity contribution in [3.63, 3.8) is 0 Å². The first-order valence-corrected chi connectivity index (χ1v) is 9.80. The molecule has 30 heavy (non-hydrogen) atoms. The van der Waals surface area contributed by atoms with Gasteiger partial charge in [-0.15, -0.1) is 5.10 Å². The summed E-state index contributed by atoms with van der Waals surface area (Å²) in [6.07, 6.45) is 4.48. The Hall–Kier alpha value is -3.65. The fraction of sp³-hybridized carbons (Fsp3) is 0.227. The zero-order chi connectivity index (χ0) is 20.7. The number of pyridine rings is 2. The molecular formula is C22H21N7O. The van der Waals surface area contributed by atoms with Gasteiger partial charge in [-0.3, -0.25) is 9.48 Å². The smallest absolute Gasteiger partial charge is 0.256 e. The van der Waals surface area contributed by atoms with Gasteiger partial charge in [0.2, 0.25) is 0 Å². The standard InChI is InChI=1S/C22H21N7O/c1-28-8-7-14-9-15(3-4-17(14)12-28)22(30)25-21-10-19-16(11-23-21)5-6-18(24-19)20-13-29(2)27-26-20/h3-6,9-11,13H,7-8,12H2,1-2H3,(H,23,25,30). The minimum atomic E-state index is -0.173. The van der Waals surface area contributed by atoms with Crippen molar-refractivity contribution < 1.29 is 4.79 Å². The van der Waals surface area contributed by atoms with E-state index in [1.54, 1.807) is 16.9 Å². The molecule has 5 rings (SSSR count). The lowest BCUT2D eigenvalue weighted by Gasteiger charge is -2.25. The number of anilines is 1. The molecule has 3 aromatic heterocycles. The summed E-state index contributed by atoms with van der Waals surface area (Å²) in [5.41, 5.74) is 5.31. The van der Waals surface area contributed by atoms with Crippen molar-refractivity contribution >= 4 is 22.6 Å². The van der Waals surface area contributed by atoms with E-state index in [1.807, 2.05) is 43.6 Å². The second kappa shape index (κ2) is 7.31. The van der Waals surface area contributed by atoms with E-state index in [2.05, 4.69) is 37.5 Å². The van der Waals surface area contributed by atoms with E-state index in [-0.39, 0.29) is 5.91 Å². The van der Waals surface area contributed by atoms with Crippen LogP contribution in [0.15, 0.2) is 48.8 Å². The highest BCUT2D eigenvalue weighted by atomic mass is 16.1. The van der Waals surface area contributed by atoms with Gasteiger partial charge >= 0.3 is 0 Å². The third-order valence-corrected chi connectivity index (χ3v) is 5.35. The Morgan fingerprint density at radius 1 is 1.07 bits per heavy atom. The molecule has 0 fully saturated rings. The highest BCUT2D eigenvalue weighted by Crippen LogP contribution is 2.22. The van der Waals surface area contributed by atoms with E-state index in [1.165, 1.54) is 11.1 Å². The van der Waals surface area contributed by atoms with Crippen molar-refractivity contribution in [3.8, 4) is 11.4 Å². The highest BCUT2D eigenvalue weighted by Gasteiger charge is 2.16. The van der Waals surface area contributed by atoms with Crippen LogP contribution in [0.2, 0.25) is 0 Å². The minimum absolute atomic E-state index is 0.173. The number of aromatic nitrogens is 5. The number of hydrogen-bond donors (Lipinski definition) is 1. The maximum Gasteiger partial charge on any atom is 0.256 e. The van der Waals surface area contributed by atoms with E-state index in [4.69, 9.17) is 0 Å².